The summed E-state index contributed by atoms with van der Waals surface area (Å²) in [5, 5.41) is 0.0639. The van der Waals surface area contributed by atoms with Crippen LogP contribution in [-0.4, -0.2) is 38.1 Å². The third-order valence-electron chi connectivity index (χ3n) is 1.51. The molecule has 80 valence electrons. The van der Waals surface area contributed by atoms with Crippen LogP contribution in [0.4, 0.5) is 0 Å². The second-order valence-electron chi connectivity index (χ2n) is 2.51. The number of hydrogen-bond acceptors (Lipinski definition) is 4. The molecule has 0 fully saturated rings. The van der Waals surface area contributed by atoms with Gasteiger partial charge in [-0.1, -0.05) is 0 Å². The van der Waals surface area contributed by atoms with Gasteiger partial charge in [-0.15, -0.1) is 0 Å². The molecule has 0 amide bonds. The fourth-order valence-corrected chi connectivity index (χ4v) is 1.78. The van der Waals surface area contributed by atoms with E-state index < -0.39 is 10.0 Å². The average Bonchev–Trinajstić information content (AvgIpc) is 2.65. The van der Waals surface area contributed by atoms with Crippen molar-refractivity contribution in [2.24, 2.45) is 0 Å². The molecule has 0 aliphatic carbocycles. The Labute approximate surface area is 82.7 Å². The molecular formula is C7H13N3O3S. The monoisotopic (exact) mass is 219 g/mol. The fraction of sp³-hybridized carbons (Fsp3) is 0.571. The van der Waals surface area contributed by atoms with Crippen molar-refractivity contribution in [3.05, 3.63) is 12.5 Å². The summed E-state index contributed by atoms with van der Waals surface area (Å²) in [5.41, 5.74) is 0. The number of sulfonamides is 1. The molecule has 0 saturated carbocycles. The van der Waals surface area contributed by atoms with E-state index in [1.54, 1.807) is 0 Å². The van der Waals surface area contributed by atoms with Gasteiger partial charge < -0.3 is 9.72 Å². The highest BCUT2D eigenvalue weighted by Crippen LogP contribution is 2.00. The number of aromatic nitrogens is 2. The molecule has 0 aliphatic rings. The lowest BCUT2D eigenvalue weighted by Crippen LogP contribution is -2.27. The van der Waals surface area contributed by atoms with Crippen molar-refractivity contribution in [2.45, 2.75) is 11.9 Å². The molecule has 0 aliphatic heterocycles. The van der Waals surface area contributed by atoms with E-state index in [1.165, 1.54) is 12.5 Å². The summed E-state index contributed by atoms with van der Waals surface area (Å²) in [6.07, 6.45) is 2.57. The van der Waals surface area contributed by atoms with Crippen LogP contribution in [0.25, 0.3) is 0 Å². The van der Waals surface area contributed by atoms with E-state index in [1.807, 2.05) is 6.92 Å². The second-order valence-corrected chi connectivity index (χ2v) is 4.25. The lowest BCUT2D eigenvalue weighted by Gasteiger charge is -2.03. The minimum absolute atomic E-state index is 0.0639. The van der Waals surface area contributed by atoms with E-state index >= 15 is 0 Å². The highest BCUT2D eigenvalue weighted by molar-refractivity contribution is 7.89. The van der Waals surface area contributed by atoms with E-state index in [0.29, 0.717) is 13.2 Å². The van der Waals surface area contributed by atoms with Crippen LogP contribution in [0.3, 0.4) is 0 Å². The maximum atomic E-state index is 11.4. The van der Waals surface area contributed by atoms with Crippen molar-refractivity contribution in [3.63, 3.8) is 0 Å². The Bertz CT molecular complexity index is 346. The molecule has 2 N–H and O–H groups in total. The van der Waals surface area contributed by atoms with E-state index in [-0.39, 0.29) is 11.6 Å². The van der Waals surface area contributed by atoms with Gasteiger partial charge in [0, 0.05) is 13.2 Å². The summed E-state index contributed by atoms with van der Waals surface area (Å²) in [6, 6.07) is 0. The molecule has 0 bridgehead atoms. The third kappa shape index (κ3) is 3.09. The first-order valence-corrected chi connectivity index (χ1v) is 5.71. The third-order valence-corrected chi connectivity index (χ3v) is 2.89. The molecule has 1 rings (SSSR count). The van der Waals surface area contributed by atoms with Crippen molar-refractivity contribution < 1.29 is 13.2 Å². The van der Waals surface area contributed by atoms with Gasteiger partial charge >= 0.3 is 0 Å². The van der Waals surface area contributed by atoms with Gasteiger partial charge in [-0.2, -0.15) is 0 Å². The van der Waals surface area contributed by atoms with E-state index in [2.05, 4.69) is 14.7 Å². The average molecular weight is 219 g/mol. The standard InChI is InChI=1S/C7H13N3O3S/c1-2-13-4-3-10-14(11,12)7-5-8-6-9-7/h5-6,10H,2-4H2,1H3,(H,8,9). The molecule has 0 radical (unpaired) electrons. The zero-order chi connectivity index (χ0) is 10.4. The summed E-state index contributed by atoms with van der Waals surface area (Å²) >= 11 is 0. The Morgan fingerprint density at radius 3 is 3.00 bits per heavy atom. The van der Waals surface area contributed by atoms with Crippen molar-refractivity contribution in [1.29, 1.82) is 0 Å². The Balaban J connectivity index is 2.44. The first kappa shape index (κ1) is 11.2. The van der Waals surface area contributed by atoms with Crippen LogP contribution in [0.1, 0.15) is 6.92 Å². The van der Waals surface area contributed by atoms with Crippen LogP contribution in [-0.2, 0) is 14.8 Å². The van der Waals surface area contributed by atoms with Crippen molar-refractivity contribution in [2.75, 3.05) is 19.8 Å². The molecule has 1 aromatic heterocycles. The van der Waals surface area contributed by atoms with Crippen LogP contribution in [0.5, 0.6) is 0 Å². The first-order valence-electron chi connectivity index (χ1n) is 4.22. The Kier molecular flexibility index (Phi) is 4.05. The van der Waals surface area contributed by atoms with Crippen LogP contribution in [0.2, 0.25) is 0 Å². The second kappa shape index (κ2) is 5.08. The largest absolute Gasteiger partial charge is 0.380 e. The SMILES string of the molecule is CCOCCNS(=O)(=O)c1cnc[nH]1. The summed E-state index contributed by atoms with van der Waals surface area (Å²) in [6.45, 7) is 3.05. The maximum absolute atomic E-state index is 11.4. The van der Waals surface area contributed by atoms with Gasteiger partial charge in [0.2, 0.25) is 0 Å². The number of imidazole rings is 1. The minimum atomic E-state index is -3.45. The van der Waals surface area contributed by atoms with Crippen LogP contribution >= 0.6 is 0 Å². The molecule has 0 aromatic carbocycles. The summed E-state index contributed by atoms with van der Waals surface area (Å²) in [7, 11) is -3.45. The zero-order valence-electron chi connectivity index (χ0n) is 7.86. The predicted octanol–water partition coefficient (Wildman–Crippen LogP) is -0.275. The van der Waals surface area contributed by atoms with Gasteiger partial charge in [-0.3, -0.25) is 0 Å². The topological polar surface area (TPSA) is 84.1 Å². The fourth-order valence-electron chi connectivity index (χ4n) is 0.860. The lowest BCUT2D eigenvalue weighted by atomic mass is 10.7. The molecule has 1 aromatic rings. The number of nitrogens with one attached hydrogen (secondary N) is 2. The number of ether oxygens (including phenoxy) is 1. The summed E-state index contributed by atoms with van der Waals surface area (Å²) in [5.74, 6) is 0. The normalized spacial score (nSPS) is 11.8. The predicted molar refractivity (Wildman–Crippen MR) is 50.3 cm³/mol. The smallest absolute Gasteiger partial charge is 0.257 e. The van der Waals surface area contributed by atoms with Crippen molar-refractivity contribution in [3.8, 4) is 0 Å². The van der Waals surface area contributed by atoms with Crippen LogP contribution in [0.15, 0.2) is 17.6 Å². The number of aromatic amines is 1. The van der Waals surface area contributed by atoms with Gasteiger partial charge in [0.1, 0.15) is 0 Å². The molecule has 0 atom stereocenters. The maximum Gasteiger partial charge on any atom is 0.257 e. The zero-order valence-corrected chi connectivity index (χ0v) is 8.67. The van der Waals surface area contributed by atoms with Gasteiger partial charge in [0.15, 0.2) is 5.03 Å². The number of hydrogen-bond donors (Lipinski definition) is 2. The molecular weight excluding hydrogens is 206 g/mol. The quantitative estimate of drug-likeness (QED) is 0.645. The van der Waals surface area contributed by atoms with E-state index in [4.69, 9.17) is 4.74 Å². The highest BCUT2D eigenvalue weighted by atomic mass is 32.2. The lowest BCUT2D eigenvalue weighted by molar-refractivity contribution is 0.153. The Hall–Kier alpha value is -0.920. The first-order chi connectivity index (χ1) is 6.67. The Morgan fingerprint density at radius 1 is 1.64 bits per heavy atom. The minimum Gasteiger partial charge on any atom is -0.380 e. The van der Waals surface area contributed by atoms with Crippen molar-refractivity contribution >= 4 is 10.0 Å². The number of rotatable bonds is 6. The van der Waals surface area contributed by atoms with Crippen molar-refractivity contribution in [1.82, 2.24) is 14.7 Å². The van der Waals surface area contributed by atoms with E-state index in [9.17, 15) is 8.42 Å². The van der Waals surface area contributed by atoms with Gasteiger partial charge in [0.25, 0.3) is 10.0 Å². The van der Waals surface area contributed by atoms with Crippen LogP contribution in [0, 0.1) is 0 Å². The molecule has 0 unspecified atom stereocenters. The molecule has 14 heavy (non-hydrogen) atoms. The van der Waals surface area contributed by atoms with Gasteiger partial charge in [-0.05, 0) is 6.92 Å². The van der Waals surface area contributed by atoms with Gasteiger partial charge in [-0.25, -0.2) is 18.1 Å². The number of nitrogens with zero attached hydrogens (tertiary/aromatic N) is 1. The van der Waals surface area contributed by atoms with Gasteiger partial charge in [0.05, 0.1) is 19.1 Å². The van der Waals surface area contributed by atoms with Crippen LogP contribution < -0.4 is 4.72 Å². The molecule has 0 spiro atoms. The molecule has 7 heteroatoms. The Morgan fingerprint density at radius 2 is 2.43 bits per heavy atom. The summed E-state index contributed by atoms with van der Waals surface area (Å²) < 4.78 is 30.2. The highest BCUT2D eigenvalue weighted by Gasteiger charge is 2.13. The molecule has 0 saturated heterocycles. The van der Waals surface area contributed by atoms with E-state index in [0.717, 1.165) is 0 Å². The number of H-pyrrole nitrogens is 1. The molecule has 6 nitrogen and oxygen atoms in total. The summed E-state index contributed by atoms with van der Waals surface area (Å²) in [4.78, 5) is 6.14. The molecule has 1 heterocycles.